The number of phenols is 2. The Morgan fingerprint density at radius 1 is 0.727 bits per heavy atom. The maximum Gasteiger partial charge on any atom is 0.229 e. The van der Waals surface area contributed by atoms with E-state index >= 15 is 0 Å². The number of aliphatic hydroxyl groups is 7. The molecule has 0 unspecified atom stereocenters. The summed E-state index contributed by atoms with van der Waals surface area (Å²) in [7, 11) is 2.51. The smallest absolute Gasteiger partial charge is 0.229 e. The van der Waals surface area contributed by atoms with Crippen molar-refractivity contribution in [1.29, 1.82) is 0 Å². The lowest BCUT2D eigenvalue weighted by Crippen LogP contribution is -2.62. The van der Waals surface area contributed by atoms with Crippen LogP contribution in [0.3, 0.4) is 0 Å². The normalized spacial score (nSPS) is 32.6. The highest BCUT2D eigenvalue weighted by Gasteiger charge is 2.48. The van der Waals surface area contributed by atoms with Crippen molar-refractivity contribution < 1.29 is 78.8 Å². The average molecular weight is 629 g/mol. The first-order valence-electron chi connectivity index (χ1n) is 13.3. The average Bonchev–Trinajstić information content (AvgIpc) is 3.00. The Bertz CT molecular complexity index is 1560. The van der Waals surface area contributed by atoms with Crippen molar-refractivity contribution in [3.63, 3.8) is 0 Å². The molecule has 2 aromatic carbocycles. The highest BCUT2D eigenvalue weighted by molar-refractivity contribution is 6.01. The third-order valence-electron chi connectivity index (χ3n) is 7.55. The number of benzene rings is 2. The molecule has 44 heavy (non-hydrogen) atoms. The topological polar surface area (TPSA) is 268 Å². The molecular formula is C27H32O17. The fourth-order valence-corrected chi connectivity index (χ4v) is 5.14. The Morgan fingerprint density at radius 2 is 1.36 bits per heavy atom. The zero-order chi connectivity index (χ0) is 32.0. The van der Waals surface area contributed by atoms with Crippen LogP contribution in [0.15, 0.2) is 27.4 Å². The number of phenolic OH excluding ortho intramolecular Hbond substituents is 2. The lowest BCUT2D eigenvalue weighted by atomic mass is 9.98. The van der Waals surface area contributed by atoms with Gasteiger partial charge in [0.25, 0.3) is 0 Å². The Labute approximate surface area is 247 Å². The number of hydrogen-bond acceptors (Lipinski definition) is 17. The second-order valence-corrected chi connectivity index (χ2v) is 10.2. The van der Waals surface area contributed by atoms with Gasteiger partial charge in [-0.1, -0.05) is 0 Å². The van der Waals surface area contributed by atoms with Crippen LogP contribution in [-0.4, -0.2) is 135 Å². The quantitative estimate of drug-likeness (QED) is 0.116. The SMILES string of the molecule is COc1ccc(O)c2c(=O)c3c(O[C@@H]4O[C@H](CO[C@@H]5O[C@H](CO)[C@@H](O)[C@H](O)[C@H]5O)[C@@H](O)[C@H](O)[C@H]4O)cc(O)c(OC)c3oc12. The predicted octanol–water partition coefficient (Wildman–Crippen LogP) is -2.62. The van der Waals surface area contributed by atoms with Crippen LogP contribution in [0.5, 0.6) is 28.7 Å². The summed E-state index contributed by atoms with van der Waals surface area (Å²) in [6, 6.07) is 3.51. The predicted molar refractivity (Wildman–Crippen MR) is 143 cm³/mol. The van der Waals surface area contributed by atoms with Crippen LogP contribution < -0.4 is 19.6 Å². The van der Waals surface area contributed by atoms with Crippen molar-refractivity contribution in [2.45, 2.75) is 61.4 Å². The molecule has 0 amide bonds. The van der Waals surface area contributed by atoms with Gasteiger partial charge in [0.1, 0.15) is 71.1 Å². The number of hydrogen-bond donors (Lipinski definition) is 9. The maximum absolute atomic E-state index is 13.7. The Hall–Kier alpha value is -3.49. The summed E-state index contributed by atoms with van der Waals surface area (Å²) in [5.41, 5.74) is -1.34. The van der Waals surface area contributed by atoms with E-state index in [0.29, 0.717) is 0 Å². The second-order valence-electron chi connectivity index (χ2n) is 10.2. The molecule has 2 aliphatic rings. The van der Waals surface area contributed by atoms with Gasteiger partial charge in [0.15, 0.2) is 29.0 Å². The fraction of sp³-hybridized carbons (Fsp3) is 0.519. The van der Waals surface area contributed by atoms with Crippen LogP contribution >= 0.6 is 0 Å². The van der Waals surface area contributed by atoms with E-state index in [1.54, 1.807) is 0 Å². The van der Waals surface area contributed by atoms with E-state index in [4.69, 9.17) is 32.8 Å². The molecule has 5 rings (SSSR count). The molecule has 17 heteroatoms. The number of aliphatic hydroxyl groups excluding tert-OH is 7. The molecule has 0 radical (unpaired) electrons. The number of fused-ring (bicyclic) bond motifs is 2. The van der Waals surface area contributed by atoms with Crippen LogP contribution in [0.25, 0.3) is 21.9 Å². The summed E-state index contributed by atoms with van der Waals surface area (Å²) in [5.74, 6) is -1.66. The third-order valence-corrected chi connectivity index (χ3v) is 7.55. The zero-order valence-corrected chi connectivity index (χ0v) is 23.2. The van der Waals surface area contributed by atoms with Crippen molar-refractivity contribution in [1.82, 2.24) is 0 Å². The van der Waals surface area contributed by atoms with Crippen LogP contribution in [0.2, 0.25) is 0 Å². The van der Waals surface area contributed by atoms with Gasteiger partial charge in [-0.3, -0.25) is 4.79 Å². The lowest BCUT2D eigenvalue weighted by molar-refractivity contribution is -0.323. The highest BCUT2D eigenvalue weighted by Crippen LogP contribution is 2.43. The largest absolute Gasteiger partial charge is 0.507 e. The number of rotatable bonds is 8. The molecule has 2 fully saturated rings. The summed E-state index contributed by atoms with van der Waals surface area (Å²) in [5, 5.41) is 91.8. The van der Waals surface area contributed by atoms with Crippen LogP contribution in [0, 0.1) is 0 Å². The van der Waals surface area contributed by atoms with E-state index in [-0.39, 0.29) is 33.4 Å². The van der Waals surface area contributed by atoms with E-state index < -0.39 is 97.3 Å². The monoisotopic (exact) mass is 628 g/mol. The standard InChI is InChI=1S/C27H32O17/c1-38-10-4-3-8(29)14-18(33)15-11(5-9(30)23(39-2)25(15)44-24(10)14)41-27-22(37)20(35)17(32)13(43-27)7-40-26-21(36)19(34)16(31)12(6-28)42-26/h3-5,12-13,16-17,19-22,26-32,34-37H,6-7H2,1-2H3/t12-,13-,16-,17-,19+,20+,21-,22-,26-,27-/m1/s1. The van der Waals surface area contributed by atoms with Crippen molar-refractivity contribution >= 4 is 21.9 Å². The van der Waals surface area contributed by atoms with Gasteiger partial charge in [-0.2, -0.15) is 0 Å². The molecule has 3 heterocycles. The molecule has 0 bridgehead atoms. The van der Waals surface area contributed by atoms with Gasteiger partial charge >= 0.3 is 0 Å². The second kappa shape index (κ2) is 12.5. The number of aromatic hydroxyl groups is 2. The zero-order valence-electron chi connectivity index (χ0n) is 23.2. The van der Waals surface area contributed by atoms with Gasteiger partial charge in [0, 0.05) is 6.07 Å². The first kappa shape index (κ1) is 31.9. The third kappa shape index (κ3) is 5.36. The Morgan fingerprint density at radius 3 is 2.00 bits per heavy atom. The number of methoxy groups -OCH3 is 2. The van der Waals surface area contributed by atoms with Gasteiger partial charge in [-0.05, 0) is 12.1 Å². The summed E-state index contributed by atoms with van der Waals surface area (Å²) >= 11 is 0. The lowest BCUT2D eigenvalue weighted by Gasteiger charge is -2.42. The molecule has 2 aliphatic heterocycles. The van der Waals surface area contributed by atoms with E-state index in [2.05, 4.69) is 0 Å². The van der Waals surface area contributed by atoms with Crippen LogP contribution in [0.4, 0.5) is 0 Å². The number of ether oxygens (including phenoxy) is 6. The minimum atomic E-state index is -1.92. The van der Waals surface area contributed by atoms with E-state index in [1.165, 1.54) is 26.4 Å². The first-order chi connectivity index (χ1) is 20.9. The van der Waals surface area contributed by atoms with E-state index in [9.17, 15) is 50.8 Å². The van der Waals surface area contributed by atoms with Crippen molar-refractivity contribution in [3.05, 3.63) is 28.4 Å². The summed E-state index contributed by atoms with van der Waals surface area (Å²) in [4.78, 5) is 13.7. The van der Waals surface area contributed by atoms with Gasteiger partial charge in [0.05, 0.1) is 27.4 Å². The van der Waals surface area contributed by atoms with Crippen molar-refractivity contribution in [3.8, 4) is 28.7 Å². The van der Waals surface area contributed by atoms with Gasteiger partial charge in [0.2, 0.25) is 17.5 Å². The van der Waals surface area contributed by atoms with E-state index in [0.717, 1.165) is 6.07 Å². The summed E-state index contributed by atoms with van der Waals surface area (Å²) in [6.45, 7) is -1.35. The Kier molecular flexibility index (Phi) is 9.06. The molecule has 2 saturated heterocycles. The molecule has 3 aromatic rings. The molecule has 242 valence electrons. The molecule has 1 aromatic heterocycles. The van der Waals surface area contributed by atoms with Crippen molar-refractivity contribution in [2.75, 3.05) is 27.4 Å². The van der Waals surface area contributed by atoms with Crippen molar-refractivity contribution in [2.24, 2.45) is 0 Å². The van der Waals surface area contributed by atoms with Crippen LogP contribution in [0.1, 0.15) is 0 Å². The molecule has 0 saturated carbocycles. The summed E-state index contributed by atoms with van der Waals surface area (Å²) < 4.78 is 38.3. The molecular weight excluding hydrogens is 596 g/mol. The highest BCUT2D eigenvalue weighted by atomic mass is 16.7. The molecule has 9 N–H and O–H groups in total. The minimum Gasteiger partial charge on any atom is -0.507 e. The van der Waals surface area contributed by atoms with Gasteiger partial charge < -0.3 is 78.8 Å². The van der Waals surface area contributed by atoms with Gasteiger partial charge in [-0.15, -0.1) is 0 Å². The van der Waals surface area contributed by atoms with Crippen LogP contribution in [-0.2, 0) is 14.2 Å². The summed E-state index contributed by atoms with van der Waals surface area (Å²) in [6.07, 6.45) is -16.9. The first-order valence-corrected chi connectivity index (χ1v) is 13.3. The Balaban J connectivity index is 1.48. The fourth-order valence-electron chi connectivity index (χ4n) is 5.14. The molecule has 17 nitrogen and oxygen atoms in total. The molecule has 10 atom stereocenters. The minimum absolute atomic E-state index is 0.0788. The van der Waals surface area contributed by atoms with E-state index in [1.807, 2.05) is 0 Å². The maximum atomic E-state index is 13.7. The molecule has 0 aliphatic carbocycles. The van der Waals surface area contributed by atoms with Gasteiger partial charge in [-0.25, -0.2) is 0 Å². The molecule has 0 spiro atoms.